The van der Waals surface area contributed by atoms with Crippen LogP contribution < -0.4 is 0 Å². The van der Waals surface area contributed by atoms with Gasteiger partial charge >= 0.3 is 0 Å². The van der Waals surface area contributed by atoms with E-state index in [4.69, 9.17) is 0 Å². The largest absolute Gasteiger partial charge is 0.482 e. The minimum Gasteiger partial charge on any atom is -0.482 e. The molecule has 0 spiro atoms. The summed E-state index contributed by atoms with van der Waals surface area (Å²) in [5, 5.41) is 0. The lowest BCUT2D eigenvalue weighted by Crippen LogP contribution is -1.87. The van der Waals surface area contributed by atoms with Crippen LogP contribution in [0.25, 0.3) is 22.5 Å². The Balaban J connectivity index is 0.000000267. The third-order valence-electron chi connectivity index (χ3n) is 3.28. The van der Waals surface area contributed by atoms with E-state index in [2.05, 4.69) is 37.9 Å². The summed E-state index contributed by atoms with van der Waals surface area (Å²) >= 11 is 0. The lowest BCUT2D eigenvalue weighted by Gasteiger charge is -2.04. The Labute approximate surface area is 135 Å². The van der Waals surface area contributed by atoms with Gasteiger partial charge in [0.2, 0.25) is 0 Å². The summed E-state index contributed by atoms with van der Waals surface area (Å²) in [5.41, 5.74) is 4.15. The summed E-state index contributed by atoms with van der Waals surface area (Å²) in [7, 11) is 0. The first-order valence-electron chi connectivity index (χ1n) is 7.46. The highest BCUT2D eigenvalue weighted by Crippen LogP contribution is 2.22. The molecule has 1 aromatic carbocycles. The van der Waals surface area contributed by atoms with Crippen LogP contribution in [0.2, 0.25) is 0 Å². The van der Waals surface area contributed by atoms with Gasteiger partial charge < -0.3 is 4.74 Å². The summed E-state index contributed by atoms with van der Waals surface area (Å²) in [6.07, 6.45) is 5.10. The third-order valence-corrected chi connectivity index (χ3v) is 3.28. The Kier molecular flexibility index (Phi) is 5.08. The Morgan fingerprint density at radius 3 is 2.22 bits per heavy atom. The lowest BCUT2D eigenvalue weighted by molar-refractivity contribution is 0.361. The fraction of sp³-hybridized carbons (Fsp3) is 0.105. The topological polar surface area (TPSA) is 47.4 Å². The van der Waals surface area contributed by atoms with Crippen LogP contribution >= 0.6 is 0 Å². The van der Waals surface area contributed by atoms with Gasteiger partial charge in [0.25, 0.3) is 0 Å². The van der Waals surface area contributed by atoms with Crippen molar-refractivity contribution in [1.82, 2.24) is 9.97 Å². The van der Waals surface area contributed by atoms with E-state index in [-0.39, 0.29) is 0 Å². The molecule has 1 aliphatic heterocycles. The summed E-state index contributed by atoms with van der Waals surface area (Å²) in [5.74, 6) is 0. The Morgan fingerprint density at radius 2 is 1.57 bits per heavy atom. The second-order valence-electron chi connectivity index (χ2n) is 4.89. The SMILES string of the molecule is C1=NCCO1.c1ccc(-c2ccnc(-c3ccccn3)c2)cc1. The zero-order chi connectivity index (χ0) is 15.7. The zero-order valence-corrected chi connectivity index (χ0v) is 12.7. The fourth-order valence-electron chi connectivity index (χ4n) is 2.16. The number of aliphatic imine (C=N–C) groups is 1. The van der Waals surface area contributed by atoms with Gasteiger partial charge in [0, 0.05) is 12.4 Å². The molecule has 3 aromatic rings. The molecule has 0 atom stereocenters. The van der Waals surface area contributed by atoms with Crippen molar-refractivity contribution in [2.75, 3.05) is 13.2 Å². The first-order valence-corrected chi connectivity index (χ1v) is 7.46. The second-order valence-corrected chi connectivity index (χ2v) is 4.89. The van der Waals surface area contributed by atoms with E-state index in [1.165, 1.54) is 12.0 Å². The first kappa shape index (κ1) is 14.9. The van der Waals surface area contributed by atoms with Gasteiger partial charge in [-0.2, -0.15) is 0 Å². The summed E-state index contributed by atoms with van der Waals surface area (Å²) in [4.78, 5) is 12.4. The molecule has 2 aromatic heterocycles. The maximum atomic E-state index is 4.65. The van der Waals surface area contributed by atoms with Crippen LogP contribution in [0.1, 0.15) is 0 Å². The quantitative estimate of drug-likeness (QED) is 0.722. The number of aromatic nitrogens is 2. The highest BCUT2D eigenvalue weighted by Gasteiger charge is 2.02. The molecular weight excluding hydrogens is 286 g/mol. The maximum absolute atomic E-state index is 4.65. The van der Waals surface area contributed by atoms with Crippen LogP contribution in [0.4, 0.5) is 0 Å². The normalized spacial score (nSPS) is 12.2. The smallest absolute Gasteiger partial charge is 0.169 e. The van der Waals surface area contributed by atoms with Crippen molar-refractivity contribution < 1.29 is 4.74 Å². The molecule has 0 aliphatic carbocycles. The monoisotopic (exact) mass is 303 g/mol. The highest BCUT2D eigenvalue weighted by atomic mass is 16.5. The molecule has 0 saturated carbocycles. The van der Waals surface area contributed by atoms with E-state index in [9.17, 15) is 0 Å². The van der Waals surface area contributed by atoms with Gasteiger partial charge in [-0.1, -0.05) is 36.4 Å². The number of hydrogen-bond acceptors (Lipinski definition) is 4. The predicted octanol–water partition coefficient (Wildman–Crippen LogP) is 3.86. The fourth-order valence-corrected chi connectivity index (χ4v) is 2.16. The molecule has 114 valence electrons. The minimum atomic E-state index is 0.778. The number of pyridine rings is 2. The molecule has 4 nitrogen and oxygen atoms in total. The second kappa shape index (κ2) is 7.84. The van der Waals surface area contributed by atoms with Crippen molar-refractivity contribution in [3.05, 3.63) is 73.1 Å². The van der Waals surface area contributed by atoms with Crippen molar-refractivity contribution in [3.8, 4) is 22.5 Å². The highest BCUT2D eigenvalue weighted by molar-refractivity contribution is 5.68. The van der Waals surface area contributed by atoms with Crippen LogP contribution in [-0.2, 0) is 4.74 Å². The van der Waals surface area contributed by atoms with Crippen LogP contribution in [0.3, 0.4) is 0 Å². The molecular formula is C19H17N3O. The molecule has 0 N–H and O–H groups in total. The van der Waals surface area contributed by atoms with Crippen LogP contribution in [0, 0.1) is 0 Å². The molecule has 23 heavy (non-hydrogen) atoms. The lowest BCUT2D eigenvalue weighted by atomic mass is 10.1. The first-order chi connectivity index (χ1) is 11.4. The number of rotatable bonds is 2. The molecule has 0 fully saturated rings. The van der Waals surface area contributed by atoms with E-state index >= 15 is 0 Å². The van der Waals surface area contributed by atoms with Crippen molar-refractivity contribution in [1.29, 1.82) is 0 Å². The van der Waals surface area contributed by atoms with E-state index in [1.807, 2.05) is 48.7 Å². The van der Waals surface area contributed by atoms with Crippen molar-refractivity contribution in [2.24, 2.45) is 4.99 Å². The van der Waals surface area contributed by atoms with Gasteiger partial charge in [-0.05, 0) is 35.4 Å². The molecule has 0 radical (unpaired) electrons. The molecule has 4 heteroatoms. The molecule has 0 unspecified atom stereocenters. The van der Waals surface area contributed by atoms with Crippen molar-refractivity contribution in [3.63, 3.8) is 0 Å². The van der Waals surface area contributed by atoms with Gasteiger partial charge in [-0.25, -0.2) is 0 Å². The van der Waals surface area contributed by atoms with Gasteiger partial charge in [-0.3, -0.25) is 15.0 Å². The van der Waals surface area contributed by atoms with Crippen molar-refractivity contribution in [2.45, 2.75) is 0 Å². The van der Waals surface area contributed by atoms with E-state index in [0.29, 0.717) is 0 Å². The molecule has 0 bridgehead atoms. The van der Waals surface area contributed by atoms with Gasteiger partial charge in [0.1, 0.15) is 6.61 Å². The molecule has 0 saturated heterocycles. The number of hydrogen-bond donors (Lipinski definition) is 0. The van der Waals surface area contributed by atoms with E-state index < -0.39 is 0 Å². The van der Waals surface area contributed by atoms with E-state index in [0.717, 1.165) is 30.1 Å². The average Bonchev–Trinajstić information content (AvgIpc) is 3.23. The Hall–Kier alpha value is -3.01. The van der Waals surface area contributed by atoms with Crippen LogP contribution in [-0.4, -0.2) is 29.5 Å². The number of nitrogens with zero attached hydrogens (tertiary/aromatic N) is 3. The minimum absolute atomic E-state index is 0.778. The van der Waals surface area contributed by atoms with Crippen LogP contribution in [0.5, 0.6) is 0 Å². The summed E-state index contributed by atoms with van der Waals surface area (Å²) in [6, 6.07) is 20.2. The Bertz CT molecular complexity index is 697. The van der Waals surface area contributed by atoms with Crippen LogP contribution in [0.15, 0.2) is 78.0 Å². The average molecular weight is 303 g/mol. The molecule has 4 rings (SSSR count). The maximum Gasteiger partial charge on any atom is 0.169 e. The number of ether oxygens (including phenoxy) is 1. The van der Waals surface area contributed by atoms with Gasteiger partial charge in [0.05, 0.1) is 17.9 Å². The van der Waals surface area contributed by atoms with E-state index in [1.54, 1.807) is 6.20 Å². The summed E-state index contributed by atoms with van der Waals surface area (Å²) in [6.45, 7) is 1.62. The van der Waals surface area contributed by atoms with Gasteiger partial charge in [-0.15, -0.1) is 0 Å². The Morgan fingerprint density at radius 1 is 0.739 bits per heavy atom. The molecule has 3 heterocycles. The number of benzene rings is 1. The zero-order valence-electron chi connectivity index (χ0n) is 12.7. The molecule has 0 amide bonds. The van der Waals surface area contributed by atoms with Gasteiger partial charge in [0.15, 0.2) is 6.40 Å². The third kappa shape index (κ3) is 4.23. The summed E-state index contributed by atoms with van der Waals surface area (Å²) < 4.78 is 4.65. The standard InChI is InChI=1S/C16H12N2.C3H5NO/c1-2-6-13(7-3-1)14-9-11-18-16(12-14)15-8-4-5-10-17-15;1-2-5-3-4-1/h1-12H;3H,1-2H2. The van der Waals surface area contributed by atoms with Crippen molar-refractivity contribution >= 4 is 6.40 Å². The molecule has 1 aliphatic rings. The predicted molar refractivity (Wildman–Crippen MR) is 92.2 cm³/mol.